The lowest BCUT2D eigenvalue weighted by atomic mass is 10.1. The van der Waals surface area contributed by atoms with Crippen molar-refractivity contribution in [3.63, 3.8) is 0 Å². The third kappa shape index (κ3) is 4.50. The Morgan fingerprint density at radius 3 is 2.26 bits per heavy atom. The Kier molecular flexibility index (Phi) is 5.26. The van der Waals surface area contributed by atoms with Gasteiger partial charge in [0.05, 0.1) is 10.0 Å². The van der Waals surface area contributed by atoms with Gasteiger partial charge in [0.15, 0.2) is 5.75 Å². The first kappa shape index (κ1) is 15.4. The first-order chi connectivity index (χ1) is 8.81. The molecule has 1 amide bonds. The second-order valence-electron chi connectivity index (χ2n) is 3.83. The number of carboxylic acids is 1. The van der Waals surface area contributed by atoms with Crippen LogP contribution in [0.5, 0.6) is 5.75 Å². The first-order valence-corrected chi connectivity index (χ1v) is 6.02. The van der Waals surface area contributed by atoms with Gasteiger partial charge in [0, 0.05) is 12.1 Å². The molecule has 0 aliphatic rings. The van der Waals surface area contributed by atoms with Crippen molar-refractivity contribution in [1.29, 1.82) is 0 Å². The van der Waals surface area contributed by atoms with Crippen molar-refractivity contribution in [2.75, 3.05) is 5.32 Å². The number of amides is 1. The fourth-order valence-electron chi connectivity index (χ4n) is 1.39. The lowest BCUT2D eigenvalue weighted by molar-refractivity contribution is -0.138. The van der Waals surface area contributed by atoms with Crippen molar-refractivity contribution in [1.82, 2.24) is 0 Å². The SMILES string of the molecule is NC(=O)CC[C@H](Nc1cc(Cl)c(O)c(Cl)c1)C(=O)O. The molecule has 1 aromatic carbocycles. The second kappa shape index (κ2) is 6.49. The number of rotatable bonds is 6. The Labute approximate surface area is 119 Å². The van der Waals surface area contributed by atoms with Crippen molar-refractivity contribution in [2.45, 2.75) is 18.9 Å². The van der Waals surface area contributed by atoms with Crippen molar-refractivity contribution in [3.8, 4) is 5.75 Å². The molecule has 0 radical (unpaired) electrons. The maximum atomic E-state index is 11.0. The Bertz CT molecular complexity index is 484. The van der Waals surface area contributed by atoms with Crippen LogP contribution in [0.2, 0.25) is 10.0 Å². The largest absolute Gasteiger partial charge is 0.505 e. The number of carbonyl (C=O) groups is 2. The lowest BCUT2D eigenvalue weighted by Crippen LogP contribution is -2.30. The van der Waals surface area contributed by atoms with Crippen LogP contribution < -0.4 is 11.1 Å². The van der Waals surface area contributed by atoms with Crippen LogP contribution in [0, 0.1) is 0 Å². The molecular weight excluding hydrogens is 295 g/mol. The summed E-state index contributed by atoms with van der Waals surface area (Å²) in [5.74, 6) is -2.01. The van der Waals surface area contributed by atoms with E-state index < -0.39 is 17.9 Å². The maximum Gasteiger partial charge on any atom is 0.326 e. The molecular formula is C11H12Cl2N2O4. The molecule has 0 bridgehead atoms. The van der Waals surface area contributed by atoms with Gasteiger partial charge in [-0.25, -0.2) is 4.79 Å². The number of carbonyl (C=O) groups excluding carboxylic acids is 1. The lowest BCUT2D eigenvalue weighted by Gasteiger charge is -2.16. The number of hydrogen-bond donors (Lipinski definition) is 4. The smallest absolute Gasteiger partial charge is 0.326 e. The van der Waals surface area contributed by atoms with E-state index in [9.17, 15) is 14.7 Å². The minimum atomic E-state index is -1.14. The highest BCUT2D eigenvalue weighted by molar-refractivity contribution is 6.37. The summed E-state index contributed by atoms with van der Waals surface area (Å²) in [4.78, 5) is 21.7. The molecule has 8 heteroatoms. The number of nitrogens with two attached hydrogens (primary N) is 1. The molecule has 0 fully saturated rings. The van der Waals surface area contributed by atoms with E-state index in [0.717, 1.165) is 0 Å². The zero-order valence-corrected chi connectivity index (χ0v) is 11.2. The Balaban J connectivity index is 2.85. The van der Waals surface area contributed by atoms with Crippen molar-refractivity contribution >= 4 is 40.8 Å². The average molecular weight is 307 g/mol. The number of aromatic hydroxyl groups is 1. The molecule has 0 aliphatic carbocycles. The van der Waals surface area contributed by atoms with E-state index in [4.69, 9.17) is 34.0 Å². The van der Waals surface area contributed by atoms with Gasteiger partial charge in [-0.15, -0.1) is 0 Å². The van der Waals surface area contributed by atoms with Crippen LogP contribution in [0.25, 0.3) is 0 Å². The predicted molar refractivity (Wildman–Crippen MR) is 71.6 cm³/mol. The molecule has 6 nitrogen and oxygen atoms in total. The van der Waals surface area contributed by atoms with Crippen LogP contribution in [-0.2, 0) is 9.59 Å². The van der Waals surface area contributed by atoms with Gasteiger partial charge < -0.3 is 21.3 Å². The fraction of sp³-hybridized carbons (Fsp3) is 0.273. The van der Waals surface area contributed by atoms with E-state index in [2.05, 4.69) is 5.32 Å². The molecule has 0 spiro atoms. The monoisotopic (exact) mass is 306 g/mol. The Morgan fingerprint density at radius 1 is 1.32 bits per heavy atom. The fourth-order valence-corrected chi connectivity index (χ4v) is 1.88. The first-order valence-electron chi connectivity index (χ1n) is 5.27. The number of halogens is 2. The molecule has 0 aliphatic heterocycles. The van der Waals surface area contributed by atoms with Gasteiger partial charge in [-0.3, -0.25) is 4.79 Å². The standard InChI is InChI=1S/C11H12Cl2N2O4/c12-6-3-5(4-7(13)10(6)17)15-8(11(18)19)1-2-9(14)16/h3-4,8,15,17H,1-2H2,(H2,14,16)(H,18,19)/t8-/m0/s1. The van der Waals surface area contributed by atoms with E-state index in [0.29, 0.717) is 5.69 Å². The van der Waals surface area contributed by atoms with Crippen molar-refractivity contribution in [2.24, 2.45) is 5.73 Å². The highest BCUT2D eigenvalue weighted by atomic mass is 35.5. The van der Waals surface area contributed by atoms with Crippen molar-refractivity contribution in [3.05, 3.63) is 22.2 Å². The number of carboxylic acid groups (broad SMARTS) is 1. The predicted octanol–water partition coefficient (Wildman–Crippen LogP) is 1.83. The molecule has 0 unspecified atom stereocenters. The topological polar surface area (TPSA) is 113 Å². The van der Waals surface area contributed by atoms with Crippen LogP contribution in [-0.4, -0.2) is 28.1 Å². The van der Waals surface area contributed by atoms with Crippen molar-refractivity contribution < 1.29 is 19.8 Å². The third-order valence-corrected chi connectivity index (χ3v) is 2.91. The van der Waals surface area contributed by atoms with Crippen LogP contribution >= 0.6 is 23.2 Å². The summed E-state index contributed by atoms with van der Waals surface area (Å²) in [7, 11) is 0. The van der Waals surface area contributed by atoms with E-state index >= 15 is 0 Å². The van der Waals surface area contributed by atoms with Gasteiger partial charge in [-0.1, -0.05) is 23.2 Å². The maximum absolute atomic E-state index is 11.0. The van der Waals surface area contributed by atoms with Crippen LogP contribution in [0.3, 0.4) is 0 Å². The van der Waals surface area contributed by atoms with Gasteiger partial charge >= 0.3 is 5.97 Å². The zero-order chi connectivity index (χ0) is 14.6. The van der Waals surface area contributed by atoms with E-state index in [1.165, 1.54) is 12.1 Å². The van der Waals surface area contributed by atoms with Gasteiger partial charge in [0.1, 0.15) is 6.04 Å². The number of phenolic OH excluding ortho intramolecular Hbond substituents is 1. The number of hydrogen-bond acceptors (Lipinski definition) is 4. The van der Waals surface area contributed by atoms with Crippen LogP contribution in [0.15, 0.2) is 12.1 Å². The Hall–Kier alpha value is -1.66. The molecule has 1 aromatic rings. The van der Waals surface area contributed by atoms with E-state index in [-0.39, 0.29) is 28.6 Å². The minimum absolute atomic E-state index is 0.00552. The molecule has 1 rings (SSSR count). The number of aliphatic carboxylic acids is 1. The van der Waals surface area contributed by atoms with Gasteiger partial charge in [0.2, 0.25) is 5.91 Å². The summed E-state index contributed by atoms with van der Waals surface area (Å²) in [6.07, 6.45) is -0.0374. The average Bonchev–Trinajstić information content (AvgIpc) is 2.30. The molecule has 0 saturated carbocycles. The quantitative estimate of drug-likeness (QED) is 0.599. The summed E-state index contributed by atoms with van der Waals surface area (Å²) in [5, 5.41) is 21.0. The Morgan fingerprint density at radius 2 is 1.84 bits per heavy atom. The molecule has 0 saturated heterocycles. The molecule has 5 N–H and O–H groups in total. The summed E-state index contributed by atoms with van der Waals surface area (Å²) in [6.45, 7) is 0. The number of nitrogens with one attached hydrogen (secondary N) is 1. The molecule has 104 valence electrons. The number of anilines is 1. The van der Waals surface area contributed by atoms with E-state index in [1.54, 1.807) is 0 Å². The molecule has 1 atom stereocenters. The van der Waals surface area contributed by atoms with E-state index in [1.807, 2.05) is 0 Å². The normalized spacial score (nSPS) is 11.9. The summed E-state index contributed by atoms with van der Waals surface area (Å²) in [5.41, 5.74) is 5.29. The van der Waals surface area contributed by atoms with Gasteiger partial charge in [-0.05, 0) is 18.6 Å². The van der Waals surface area contributed by atoms with Crippen LogP contribution in [0.4, 0.5) is 5.69 Å². The second-order valence-corrected chi connectivity index (χ2v) is 4.64. The highest BCUT2D eigenvalue weighted by Crippen LogP contribution is 2.34. The highest BCUT2D eigenvalue weighted by Gasteiger charge is 2.19. The number of benzene rings is 1. The molecule has 19 heavy (non-hydrogen) atoms. The molecule has 0 aromatic heterocycles. The number of phenols is 1. The van der Waals surface area contributed by atoms with Crippen LogP contribution in [0.1, 0.15) is 12.8 Å². The zero-order valence-electron chi connectivity index (χ0n) is 9.69. The minimum Gasteiger partial charge on any atom is -0.505 e. The third-order valence-electron chi connectivity index (χ3n) is 2.34. The van der Waals surface area contributed by atoms with Gasteiger partial charge in [-0.2, -0.15) is 0 Å². The van der Waals surface area contributed by atoms with Gasteiger partial charge in [0.25, 0.3) is 0 Å². The molecule has 0 heterocycles. The summed E-state index contributed by atoms with van der Waals surface area (Å²) < 4.78 is 0. The summed E-state index contributed by atoms with van der Waals surface area (Å²) >= 11 is 11.4. The number of primary amides is 1. The summed E-state index contributed by atoms with van der Waals surface area (Å²) in [6, 6.07) is 1.66.